The summed E-state index contributed by atoms with van der Waals surface area (Å²) >= 11 is 4.59. The summed E-state index contributed by atoms with van der Waals surface area (Å²) in [4.78, 5) is 27.7. The maximum Gasteiger partial charge on any atom is 0.261 e. The Morgan fingerprint density at radius 2 is 1.95 bits per heavy atom. The summed E-state index contributed by atoms with van der Waals surface area (Å²) in [5.41, 5.74) is 0.646. The molecular formula is C12H10BrN3O2S. The molecule has 0 aromatic carbocycles. The first-order valence-corrected chi connectivity index (χ1v) is 6.99. The number of hydrogen-bond donors (Lipinski definition) is 2. The molecule has 0 spiro atoms. The molecule has 0 unspecified atom stereocenters. The molecule has 0 saturated carbocycles. The lowest BCUT2D eigenvalue weighted by Crippen LogP contribution is -2.32. The van der Waals surface area contributed by atoms with Crippen molar-refractivity contribution >= 4 is 44.8 Å². The first-order valence-electron chi connectivity index (χ1n) is 5.38. The van der Waals surface area contributed by atoms with Crippen LogP contribution in [0.5, 0.6) is 0 Å². The maximum absolute atomic E-state index is 11.7. The zero-order valence-electron chi connectivity index (χ0n) is 9.72. The Hall–Kier alpha value is -1.73. The molecule has 2 rings (SSSR count). The molecule has 0 atom stereocenters. The van der Waals surface area contributed by atoms with Crippen molar-refractivity contribution in [1.82, 2.24) is 10.3 Å². The fraction of sp³-hybridized carbons (Fsp3) is 0.0833. The Morgan fingerprint density at radius 3 is 2.58 bits per heavy atom. The number of aromatic nitrogens is 1. The Morgan fingerprint density at radius 1 is 1.21 bits per heavy atom. The predicted octanol–water partition coefficient (Wildman–Crippen LogP) is 2.27. The molecule has 0 saturated heterocycles. The van der Waals surface area contributed by atoms with Crippen LogP contribution in [0.4, 0.5) is 5.69 Å². The third-order valence-electron chi connectivity index (χ3n) is 2.17. The van der Waals surface area contributed by atoms with Crippen molar-refractivity contribution in [3.63, 3.8) is 0 Å². The summed E-state index contributed by atoms with van der Waals surface area (Å²) < 4.78 is 0.874. The molecule has 5 nitrogen and oxygen atoms in total. The van der Waals surface area contributed by atoms with Crippen LogP contribution < -0.4 is 10.6 Å². The summed E-state index contributed by atoms with van der Waals surface area (Å²) in [6, 6.07) is 6.84. The van der Waals surface area contributed by atoms with Crippen LogP contribution in [0.3, 0.4) is 0 Å². The van der Waals surface area contributed by atoms with E-state index >= 15 is 0 Å². The quantitative estimate of drug-likeness (QED) is 0.897. The lowest BCUT2D eigenvalue weighted by molar-refractivity contribution is -0.115. The number of thiophene rings is 1. The second-order valence-corrected chi connectivity index (χ2v) is 6.03. The SMILES string of the molecule is O=C(CNC(=O)c1ccc(Br)s1)Nc1ccncc1. The largest absolute Gasteiger partial charge is 0.342 e. The molecule has 2 aromatic rings. The van der Waals surface area contributed by atoms with Gasteiger partial charge in [-0.15, -0.1) is 11.3 Å². The molecular weight excluding hydrogens is 330 g/mol. The third kappa shape index (κ3) is 4.15. The van der Waals surface area contributed by atoms with Gasteiger partial charge in [-0.1, -0.05) is 0 Å². The van der Waals surface area contributed by atoms with Crippen LogP contribution in [0.1, 0.15) is 9.67 Å². The zero-order valence-corrected chi connectivity index (χ0v) is 12.1. The van der Waals surface area contributed by atoms with E-state index in [0.29, 0.717) is 10.6 Å². The number of amides is 2. The number of carbonyl (C=O) groups excluding carboxylic acids is 2. The van der Waals surface area contributed by atoms with Crippen LogP contribution >= 0.6 is 27.3 Å². The van der Waals surface area contributed by atoms with E-state index in [1.165, 1.54) is 11.3 Å². The second-order valence-electron chi connectivity index (χ2n) is 3.57. The highest BCUT2D eigenvalue weighted by Gasteiger charge is 2.10. The van der Waals surface area contributed by atoms with Gasteiger partial charge in [-0.25, -0.2) is 0 Å². The van der Waals surface area contributed by atoms with Crippen LogP contribution in [0.25, 0.3) is 0 Å². The number of pyridine rings is 1. The minimum absolute atomic E-state index is 0.0727. The third-order valence-corrected chi connectivity index (χ3v) is 3.79. The molecule has 2 heterocycles. The summed E-state index contributed by atoms with van der Waals surface area (Å²) in [6.45, 7) is -0.0727. The molecule has 2 aromatic heterocycles. The number of anilines is 1. The summed E-state index contributed by atoms with van der Waals surface area (Å²) in [7, 11) is 0. The van der Waals surface area contributed by atoms with Crippen molar-refractivity contribution in [2.24, 2.45) is 0 Å². The van der Waals surface area contributed by atoms with Gasteiger partial charge in [0.15, 0.2) is 0 Å². The molecule has 7 heteroatoms. The van der Waals surface area contributed by atoms with E-state index in [2.05, 4.69) is 31.5 Å². The van der Waals surface area contributed by atoms with Gasteiger partial charge in [-0.3, -0.25) is 14.6 Å². The Labute approximate surface area is 122 Å². The van der Waals surface area contributed by atoms with Gasteiger partial charge < -0.3 is 10.6 Å². The van der Waals surface area contributed by atoms with Gasteiger partial charge in [0, 0.05) is 18.1 Å². The topological polar surface area (TPSA) is 71.1 Å². The average Bonchev–Trinajstić information content (AvgIpc) is 2.84. The number of nitrogens with one attached hydrogen (secondary N) is 2. The van der Waals surface area contributed by atoms with Crippen molar-refractivity contribution in [1.29, 1.82) is 0 Å². The van der Waals surface area contributed by atoms with Crippen molar-refractivity contribution in [3.05, 3.63) is 45.3 Å². The van der Waals surface area contributed by atoms with Gasteiger partial charge >= 0.3 is 0 Å². The monoisotopic (exact) mass is 339 g/mol. The van der Waals surface area contributed by atoms with E-state index in [9.17, 15) is 9.59 Å². The molecule has 0 aliphatic heterocycles. The van der Waals surface area contributed by atoms with Crippen LogP contribution in [0.2, 0.25) is 0 Å². The van der Waals surface area contributed by atoms with Gasteiger partial charge in [-0.2, -0.15) is 0 Å². The Balaban J connectivity index is 1.82. The summed E-state index contributed by atoms with van der Waals surface area (Å²) in [6.07, 6.45) is 3.16. The predicted molar refractivity (Wildman–Crippen MR) is 77.2 cm³/mol. The highest BCUT2D eigenvalue weighted by Crippen LogP contribution is 2.21. The molecule has 0 radical (unpaired) electrons. The number of rotatable bonds is 4. The molecule has 98 valence electrons. The van der Waals surface area contributed by atoms with Crippen LogP contribution in [-0.4, -0.2) is 23.3 Å². The maximum atomic E-state index is 11.7. The fourth-order valence-electron chi connectivity index (χ4n) is 1.32. The highest BCUT2D eigenvalue weighted by atomic mass is 79.9. The Kier molecular flexibility index (Phi) is 4.64. The van der Waals surface area contributed by atoms with Crippen molar-refractivity contribution < 1.29 is 9.59 Å². The van der Waals surface area contributed by atoms with E-state index in [4.69, 9.17) is 0 Å². The number of nitrogens with zero attached hydrogens (tertiary/aromatic N) is 1. The van der Waals surface area contributed by atoms with Gasteiger partial charge in [0.1, 0.15) is 0 Å². The van der Waals surface area contributed by atoms with Gasteiger partial charge in [0.25, 0.3) is 5.91 Å². The van der Waals surface area contributed by atoms with Gasteiger partial charge in [0.2, 0.25) is 5.91 Å². The molecule has 0 bridgehead atoms. The van der Waals surface area contributed by atoms with E-state index < -0.39 is 0 Å². The molecule has 0 fully saturated rings. The molecule has 2 N–H and O–H groups in total. The molecule has 2 amide bonds. The molecule has 0 aliphatic carbocycles. The average molecular weight is 340 g/mol. The lowest BCUT2D eigenvalue weighted by Gasteiger charge is -2.05. The molecule has 19 heavy (non-hydrogen) atoms. The molecule has 0 aliphatic rings. The smallest absolute Gasteiger partial charge is 0.261 e. The number of halogens is 1. The van der Waals surface area contributed by atoms with Crippen molar-refractivity contribution in [3.8, 4) is 0 Å². The number of carbonyl (C=O) groups is 2. The lowest BCUT2D eigenvalue weighted by atomic mass is 10.4. The first-order chi connectivity index (χ1) is 9.15. The highest BCUT2D eigenvalue weighted by molar-refractivity contribution is 9.11. The zero-order chi connectivity index (χ0) is 13.7. The summed E-state index contributed by atoms with van der Waals surface area (Å²) in [5.74, 6) is -0.546. The normalized spacial score (nSPS) is 9.95. The number of hydrogen-bond acceptors (Lipinski definition) is 4. The van der Waals surface area contributed by atoms with Crippen LogP contribution in [-0.2, 0) is 4.79 Å². The van der Waals surface area contributed by atoms with Crippen LogP contribution in [0.15, 0.2) is 40.4 Å². The minimum Gasteiger partial charge on any atom is -0.342 e. The van der Waals surface area contributed by atoms with E-state index in [0.717, 1.165) is 3.79 Å². The van der Waals surface area contributed by atoms with Crippen molar-refractivity contribution in [2.45, 2.75) is 0 Å². The van der Waals surface area contributed by atoms with Gasteiger partial charge in [-0.05, 0) is 40.2 Å². The first kappa shape index (κ1) is 13.7. The Bertz CT molecular complexity index is 586. The van der Waals surface area contributed by atoms with Gasteiger partial charge in [0.05, 0.1) is 15.2 Å². The van der Waals surface area contributed by atoms with E-state index in [-0.39, 0.29) is 18.4 Å². The standard InChI is InChI=1S/C12H10BrN3O2S/c13-10-2-1-9(19-10)12(18)15-7-11(17)16-8-3-5-14-6-4-8/h1-6H,7H2,(H,15,18)(H,14,16,17). The van der Waals surface area contributed by atoms with E-state index in [1.54, 1.807) is 36.7 Å². The fourth-order valence-corrected chi connectivity index (χ4v) is 2.63. The minimum atomic E-state index is -0.282. The van der Waals surface area contributed by atoms with E-state index in [1.807, 2.05) is 0 Å². The van der Waals surface area contributed by atoms with Crippen molar-refractivity contribution in [2.75, 3.05) is 11.9 Å². The van der Waals surface area contributed by atoms with Crippen LogP contribution in [0, 0.1) is 0 Å². The second kappa shape index (κ2) is 6.44. The summed E-state index contributed by atoms with van der Waals surface area (Å²) in [5, 5.41) is 5.21.